The van der Waals surface area contributed by atoms with Crippen molar-refractivity contribution in [2.45, 2.75) is 26.1 Å². The van der Waals surface area contributed by atoms with E-state index in [4.69, 9.17) is 15.3 Å². The molecule has 0 aliphatic heterocycles. The molecule has 0 saturated carbocycles. The van der Waals surface area contributed by atoms with E-state index in [2.05, 4.69) is 4.74 Å². The fourth-order valence-corrected chi connectivity index (χ4v) is 1.10. The Labute approximate surface area is 98.0 Å². The topological polar surface area (TPSA) is 121 Å². The normalized spacial score (nSPS) is 14.2. The molecule has 0 saturated heterocycles. The van der Waals surface area contributed by atoms with Crippen LogP contribution in [0.5, 0.6) is 0 Å². The number of ether oxygens (including phenoxy) is 1. The van der Waals surface area contributed by atoms with Gasteiger partial charge in [-0.1, -0.05) is 0 Å². The van der Waals surface area contributed by atoms with E-state index in [1.54, 1.807) is 0 Å². The highest BCUT2D eigenvalue weighted by Gasteiger charge is 2.30. The van der Waals surface area contributed by atoms with Crippen molar-refractivity contribution >= 4 is 17.5 Å². The Hall–Kier alpha value is -1.31. The highest BCUT2D eigenvalue weighted by Crippen LogP contribution is 2.05. The monoisotopic (exact) mass is 248 g/mol. The lowest BCUT2D eigenvalue weighted by molar-refractivity contribution is -0.158. The summed E-state index contributed by atoms with van der Waals surface area (Å²) >= 11 is 0. The second-order valence-electron chi connectivity index (χ2n) is 3.60. The number of esters is 1. The van der Waals surface area contributed by atoms with Crippen molar-refractivity contribution in [3.8, 4) is 0 Å². The predicted octanol–water partition coefficient (Wildman–Crippen LogP) is -1.96. The van der Waals surface area contributed by atoms with E-state index < -0.39 is 48.9 Å². The molecular formula is C10H16O7. The molecule has 98 valence electrons. The zero-order valence-corrected chi connectivity index (χ0v) is 9.62. The van der Waals surface area contributed by atoms with Crippen molar-refractivity contribution in [2.75, 3.05) is 13.2 Å². The lowest BCUT2D eigenvalue weighted by Crippen LogP contribution is -2.37. The van der Waals surface area contributed by atoms with Crippen LogP contribution in [0.3, 0.4) is 0 Å². The van der Waals surface area contributed by atoms with Gasteiger partial charge in [-0.15, -0.1) is 0 Å². The molecule has 0 amide bonds. The van der Waals surface area contributed by atoms with Crippen LogP contribution >= 0.6 is 0 Å². The molecule has 0 bridgehead atoms. The summed E-state index contributed by atoms with van der Waals surface area (Å²) in [7, 11) is 0. The third kappa shape index (κ3) is 5.03. The van der Waals surface area contributed by atoms with Crippen LogP contribution in [-0.2, 0) is 19.1 Å². The van der Waals surface area contributed by atoms with Crippen molar-refractivity contribution in [3.63, 3.8) is 0 Å². The molecule has 7 heteroatoms. The lowest BCUT2D eigenvalue weighted by Gasteiger charge is -2.16. The Morgan fingerprint density at radius 2 is 1.53 bits per heavy atom. The van der Waals surface area contributed by atoms with E-state index >= 15 is 0 Å². The van der Waals surface area contributed by atoms with Gasteiger partial charge in [-0.05, 0) is 13.8 Å². The second-order valence-corrected chi connectivity index (χ2v) is 3.60. The molecule has 0 spiro atoms. The summed E-state index contributed by atoms with van der Waals surface area (Å²) in [4.78, 5) is 33.3. The van der Waals surface area contributed by atoms with Gasteiger partial charge in [0.2, 0.25) is 0 Å². The van der Waals surface area contributed by atoms with E-state index in [9.17, 15) is 14.4 Å². The second kappa shape index (κ2) is 7.10. The van der Waals surface area contributed by atoms with E-state index in [1.165, 1.54) is 0 Å². The van der Waals surface area contributed by atoms with E-state index in [-0.39, 0.29) is 0 Å². The van der Waals surface area contributed by atoms with Gasteiger partial charge in [-0.3, -0.25) is 14.4 Å². The summed E-state index contributed by atoms with van der Waals surface area (Å²) in [6, 6.07) is 0. The Morgan fingerprint density at radius 3 is 1.88 bits per heavy atom. The van der Waals surface area contributed by atoms with Gasteiger partial charge in [0.25, 0.3) is 0 Å². The highest BCUT2D eigenvalue weighted by molar-refractivity contribution is 6.15. The van der Waals surface area contributed by atoms with Crippen molar-refractivity contribution < 1.29 is 34.4 Å². The van der Waals surface area contributed by atoms with Gasteiger partial charge in [0.1, 0.15) is 18.8 Å². The smallest absolute Gasteiger partial charge is 0.324 e. The molecule has 0 heterocycles. The number of carbonyl (C=O) groups is 3. The molecule has 7 nitrogen and oxygen atoms in total. The van der Waals surface area contributed by atoms with Crippen LogP contribution in [0.1, 0.15) is 13.8 Å². The molecular weight excluding hydrogens is 232 g/mol. The number of hydrogen-bond acceptors (Lipinski definition) is 7. The number of carbonyl (C=O) groups excluding carboxylic acids is 3. The lowest BCUT2D eigenvalue weighted by atomic mass is 10.0. The summed E-state index contributed by atoms with van der Waals surface area (Å²) in [6.45, 7) is 0.859. The fourth-order valence-electron chi connectivity index (χ4n) is 1.10. The summed E-state index contributed by atoms with van der Waals surface area (Å²) in [5.41, 5.74) is 0. The minimum absolute atomic E-state index is 0.600. The first-order valence-corrected chi connectivity index (χ1v) is 4.95. The molecule has 3 N–H and O–H groups in total. The molecule has 0 aromatic carbocycles. The number of ketones is 2. The standard InChI is InChI=1S/C10H16O7/c1-5(12)9(6(2)13)10(16)17-4-8(15)7(14)3-11/h7-9,11,14-15H,3-4H2,1-2H3/t7-,8+/m1/s1. The Bertz CT molecular complexity index is 285. The first-order chi connectivity index (χ1) is 7.81. The molecule has 0 aromatic heterocycles. The van der Waals surface area contributed by atoms with Gasteiger partial charge in [-0.2, -0.15) is 0 Å². The Morgan fingerprint density at radius 1 is 1.06 bits per heavy atom. The van der Waals surface area contributed by atoms with E-state index in [0.717, 1.165) is 13.8 Å². The van der Waals surface area contributed by atoms with Crippen LogP contribution in [0, 0.1) is 5.92 Å². The fraction of sp³-hybridized carbons (Fsp3) is 0.700. The first kappa shape index (κ1) is 15.7. The number of aliphatic hydroxyl groups excluding tert-OH is 3. The van der Waals surface area contributed by atoms with Gasteiger partial charge >= 0.3 is 5.97 Å². The summed E-state index contributed by atoms with van der Waals surface area (Å²) in [5, 5.41) is 26.6. The number of rotatable bonds is 7. The maximum atomic E-state index is 11.3. The largest absolute Gasteiger partial charge is 0.462 e. The average molecular weight is 248 g/mol. The van der Waals surface area contributed by atoms with Crippen LogP contribution in [0.2, 0.25) is 0 Å². The third-order valence-electron chi connectivity index (χ3n) is 2.08. The molecule has 0 rings (SSSR count). The quantitative estimate of drug-likeness (QED) is 0.353. The molecule has 0 unspecified atom stereocenters. The predicted molar refractivity (Wildman–Crippen MR) is 54.9 cm³/mol. The van der Waals surface area contributed by atoms with Crippen molar-refractivity contribution in [2.24, 2.45) is 5.92 Å². The summed E-state index contributed by atoms with van der Waals surface area (Å²) in [6.07, 6.45) is -2.92. The maximum absolute atomic E-state index is 11.3. The molecule has 0 aliphatic rings. The Balaban J connectivity index is 4.34. The van der Waals surface area contributed by atoms with Gasteiger partial charge in [0.15, 0.2) is 17.5 Å². The van der Waals surface area contributed by atoms with Gasteiger partial charge < -0.3 is 20.1 Å². The van der Waals surface area contributed by atoms with Gasteiger partial charge in [0, 0.05) is 0 Å². The molecule has 2 atom stereocenters. The first-order valence-electron chi connectivity index (χ1n) is 4.95. The van der Waals surface area contributed by atoms with Gasteiger partial charge in [-0.25, -0.2) is 0 Å². The van der Waals surface area contributed by atoms with Crippen LogP contribution in [0.25, 0.3) is 0 Å². The molecule has 0 radical (unpaired) electrons. The number of Topliss-reactive ketones (excluding diaryl/α,β-unsaturated/α-hetero) is 2. The van der Waals surface area contributed by atoms with Crippen molar-refractivity contribution in [3.05, 3.63) is 0 Å². The molecule has 0 aromatic rings. The van der Waals surface area contributed by atoms with Crippen molar-refractivity contribution in [1.82, 2.24) is 0 Å². The minimum atomic E-state index is -1.51. The molecule has 17 heavy (non-hydrogen) atoms. The zero-order valence-electron chi connectivity index (χ0n) is 9.62. The van der Waals surface area contributed by atoms with Crippen LogP contribution in [0.15, 0.2) is 0 Å². The van der Waals surface area contributed by atoms with E-state index in [1.807, 2.05) is 0 Å². The maximum Gasteiger partial charge on any atom is 0.324 e. The Kier molecular flexibility index (Phi) is 6.55. The highest BCUT2D eigenvalue weighted by atomic mass is 16.5. The zero-order chi connectivity index (χ0) is 13.6. The van der Waals surface area contributed by atoms with E-state index in [0.29, 0.717) is 0 Å². The average Bonchev–Trinajstić information content (AvgIpc) is 2.23. The summed E-state index contributed by atoms with van der Waals surface area (Å²) in [5.74, 6) is -3.89. The van der Waals surface area contributed by atoms with Crippen LogP contribution < -0.4 is 0 Å². The van der Waals surface area contributed by atoms with Crippen molar-refractivity contribution in [1.29, 1.82) is 0 Å². The molecule has 0 aliphatic carbocycles. The van der Waals surface area contributed by atoms with Gasteiger partial charge in [0.05, 0.1) is 6.61 Å². The summed E-state index contributed by atoms with van der Waals surface area (Å²) < 4.78 is 4.51. The number of hydrogen-bond donors (Lipinski definition) is 3. The van der Waals surface area contributed by atoms with Crippen LogP contribution in [0.4, 0.5) is 0 Å². The molecule has 0 fully saturated rings. The van der Waals surface area contributed by atoms with Crippen LogP contribution in [-0.4, -0.2) is 58.3 Å². The minimum Gasteiger partial charge on any atom is -0.462 e. The SMILES string of the molecule is CC(=O)C(C(C)=O)C(=O)OC[C@H](O)[C@H](O)CO. The third-order valence-corrected chi connectivity index (χ3v) is 2.08. The number of aliphatic hydroxyl groups is 3.